The maximum atomic E-state index is 12.0. The lowest BCUT2D eigenvalue weighted by atomic mass is 10.0. The summed E-state index contributed by atoms with van der Waals surface area (Å²) in [6.07, 6.45) is 0. The van der Waals surface area contributed by atoms with Crippen molar-refractivity contribution in [3.8, 4) is 5.75 Å². The van der Waals surface area contributed by atoms with Gasteiger partial charge >= 0.3 is 6.61 Å². The number of benzene rings is 1. The zero-order chi connectivity index (χ0) is 14.4. The van der Waals surface area contributed by atoms with Crippen LogP contribution >= 0.6 is 0 Å². The first-order chi connectivity index (χ1) is 8.93. The minimum atomic E-state index is -2.89. The quantitative estimate of drug-likeness (QED) is 0.833. The van der Waals surface area contributed by atoms with Crippen LogP contribution in [0, 0.1) is 5.92 Å². The molecule has 19 heavy (non-hydrogen) atoms. The summed E-state index contributed by atoms with van der Waals surface area (Å²) >= 11 is 0. The van der Waals surface area contributed by atoms with Gasteiger partial charge in [-0.05, 0) is 30.2 Å². The first-order valence-corrected chi connectivity index (χ1v) is 5.90. The van der Waals surface area contributed by atoms with Gasteiger partial charge in [0.15, 0.2) is 0 Å². The summed E-state index contributed by atoms with van der Waals surface area (Å²) in [7, 11) is 0. The number of hydrogen-bond acceptors (Lipinski definition) is 3. The van der Waals surface area contributed by atoms with Crippen LogP contribution in [0.2, 0.25) is 0 Å². The number of halogens is 2. The van der Waals surface area contributed by atoms with Crippen molar-refractivity contribution in [2.45, 2.75) is 26.5 Å². The van der Waals surface area contributed by atoms with E-state index < -0.39 is 6.61 Å². The van der Waals surface area contributed by atoms with Gasteiger partial charge in [-0.25, -0.2) is 0 Å². The molecule has 0 unspecified atom stereocenters. The van der Waals surface area contributed by atoms with E-state index in [-0.39, 0.29) is 30.2 Å². The first-order valence-electron chi connectivity index (χ1n) is 5.90. The Balaban J connectivity index is 2.67. The highest BCUT2D eigenvalue weighted by Crippen LogP contribution is 2.15. The second-order valence-corrected chi connectivity index (χ2v) is 4.41. The number of ether oxygens (including phenoxy) is 1. The molecule has 1 rings (SSSR count). The molecule has 0 saturated heterocycles. The summed E-state index contributed by atoms with van der Waals surface area (Å²) in [5.74, 6) is -0.277. The fraction of sp³-hybridized carbons (Fsp3) is 0.462. The number of nitrogens with one attached hydrogen (secondary N) is 1. The lowest BCUT2D eigenvalue weighted by Crippen LogP contribution is -2.41. The average Bonchev–Trinajstić information content (AvgIpc) is 2.35. The molecule has 106 valence electrons. The minimum Gasteiger partial charge on any atom is -0.435 e. The molecule has 0 saturated carbocycles. The summed E-state index contributed by atoms with van der Waals surface area (Å²) in [4.78, 5) is 11.8. The van der Waals surface area contributed by atoms with Crippen molar-refractivity contribution in [3.05, 3.63) is 29.8 Å². The second-order valence-electron chi connectivity index (χ2n) is 4.41. The number of aliphatic hydroxyl groups excluding tert-OH is 1. The Morgan fingerprint density at radius 2 is 1.89 bits per heavy atom. The molecule has 1 aromatic rings. The average molecular weight is 273 g/mol. The Morgan fingerprint density at radius 3 is 2.32 bits per heavy atom. The van der Waals surface area contributed by atoms with E-state index in [1.54, 1.807) is 0 Å². The number of amides is 1. The van der Waals surface area contributed by atoms with Gasteiger partial charge in [-0.1, -0.05) is 13.8 Å². The molecule has 1 aromatic carbocycles. The Bertz CT molecular complexity index is 407. The molecule has 6 heteroatoms. The molecular weight excluding hydrogens is 256 g/mol. The molecule has 1 amide bonds. The number of carbonyl (C=O) groups excluding carboxylic acids is 1. The molecule has 4 nitrogen and oxygen atoms in total. The van der Waals surface area contributed by atoms with Crippen molar-refractivity contribution < 1.29 is 23.4 Å². The lowest BCUT2D eigenvalue weighted by Gasteiger charge is -2.19. The molecule has 1 atom stereocenters. The van der Waals surface area contributed by atoms with Gasteiger partial charge in [0.1, 0.15) is 5.75 Å². The van der Waals surface area contributed by atoms with Crippen molar-refractivity contribution in [1.29, 1.82) is 0 Å². The number of aliphatic hydroxyl groups is 1. The Hall–Kier alpha value is -1.69. The lowest BCUT2D eigenvalue weighted by molar-refractivity contribution is -0.0498. The molecule has 0 heterocycles. The molecule has 0 aromatic heterocycles. The van der Waals surface area contributed by atoms with E-state index in [9.17, 15) is 13.6 Å². The number of rotatable bonds is 6. The number of alkyl halides is 2. The van der Waals surface area contributed by atoms with Crippen LogP contribution in [0.4, 0.5) is 8.78 Å². The Kier molecular flexibility index (Phi) is 5.69. The largest absolute Gasteiger partial charge is 0.435 e. The van der Waals surface area contributed by atoms with Crippen LogP contribution in [0.15, 0.2) is 24.3 Å². The van der Waals surface area contributed by atoms with Crippen LogP contribution in [-0.2, 0) is 0 Å². The fourth-order valence-corrected chi connectivity index (χ4v) is 1.46. The monoisotopic (exact) mass is 273 g/mol. The summed E-state index contributed by atoms with van der Waals surface area (Å²) in [5.41, 5.74) is 0.320. The third kappa shape index (κ3) is 4.82. The Labute approximate surface area is 110 Å². The van der Waals surface area contributed by atoms with Gasteiger partial charge in [0.2, 0.25) is 0 Å². The molecule has 2 N–H and O–H groups in total. The molecular formula is C13H17F2NO3. The fourth-order valence-electron chi connectivity index (χ4n) is 1.46. The van der Waals surface area contributed by atoms with Gasteiger partial charge in [0, 0.05) is 5.56 Å². The van der Waals surface area contributed by atoms with Gasteiger partial charge in [0.05, 0.1) is 12.6 Å². The van der Waals surface area contributed by atoms with Gasteiger partial charge in [-0.15, -0.1) is 0 Å². The van der Waals surface area contributed by atoms with E-state index in [1.165, 1.54) is 24.3 Å². The highest BCUT2D eigenvalue weighted by atomic mass is 19.3. The third-order valence-electron chi connectivity index (χ3n) is 2.66. The highest BCUT2D eigenvalue weighted by molar-refractivity contribution is 5.94. The molecule has 0 aliphatic heterocycles. The third-order valence-corrected chi connectivity index (χ3v) is 2.66. The SMILES string of the molecule is CC(C)[C@@H](CO)NC(=O)c1ccc(OC(F)F)cc1. The smallest absolute Gasteiger partial charge is 0.387 e. The van der Waals surface area contributed by atoms with E-state index in [0.717, 1.165) is 0 Å². The van der Waals surface area contributed by atoms with Gasteiger partial charge < -0.3 is 15.2 Å². The maximum absolute atomic E-state index is 12.0. The predicted molar refractivity (Wildman–Crippen MR) is 66.3 cm³/mol. The molecule has 0 radical (unpaired) electrons. The summed E-state index contributed by atoms with van der Waals surface area (Å²) < 4.78 is 28.1. The summed E-state index contributed by atoms with van der Waals surface area (Å²) in [6.45, 7) is 0.705. The van der Waals surface area contributed by atoms with E-state index in [0.29, 0.717) is 5.56 Å². The second kappa shape index (κ2) is 7.04. The zero-order valence-corrected chi connectivity index (χ0v) is 10.8. The predicted octanol–water partition coefficient (Wildman–Crippen LogP) is 2.03. The van der Waals surface area contributed by atoms with Crippen LogP contribution in [0.1, 0.15) is 24.2 Å². The standard InChI is InChI=1S/C13H17F2NO3/c1-8(2)11(7-17)16-12(18)9-3-5-10(6-4-9)19-13(14)15/h3-6,8,11,13,17H,7H2,1-2H3,(H,16,18)/t11-/m1/s1. The minimum absolute atomic E-state index is 0.00545. The van der Waals surface area contributed by atoms with Crippen molar-refractivity contribution in [1.82, 2.24) is 5.32 Å². The summed E-state index contributed by atoms with van der Waals surface area (Å²) in [6, 6.07) is 5.03. The van der Waals surface area contributed by atoms with Gasteiger partial charge in [0.25, 0.3) is 5.91 Å². The topological polar surface area (TPSA) is 58.6 Å². The van der Waals surface area contributed by atoms with Crippen molar-refractivity contribution >= 4 is 5.91 Å². The van der Waals surface area contributed by atoms with E-state index in [4.69, 9.17) is 5.11 Å². The van der Waals surface area contributed by atoms with Crippen molar-refractivity contribution in [2.75, 3.05) is 6.61 Å². The maximum Gasteiger partial charge on any atom is 0.387 e. The number of hydrogen-bond donors (Lipinski definition) is 2. The van der Waals surface area contributed by atoms with Crippen molar-refractivity contribution in [3.63, 3.8) is 0 Å². The molecule has 0 bridgehead atoms. The summed E-state index contributed by atoms with van der Waals surface area (Å²) in [5, 5.41) is 11.8. The van der Waals surface area contributed by atoms with Crippen LogP contribution in [0.3, 0.4) is 0 Å². The van der Waals surface area contributed by atoms with E-state index in [2.05, 4.69) is 10.1 Å². The molecule has 0 fully saturated rings. The Morgan fingerprint density at radius 1 is 1.32 bits per heavy atom. The van der Waals surface area contributed by atoms with Gasteiger partial charge in [-0.2, -0.15) is 8.78 Å². The van der Waals surface area contributed by atoms with E-state index in [1.807, 2.05) is 13.8 Å². The first kappa shape index (κ1) is 15.4. The van der Waals surface area contributed by atoms with Crippen LogP contribution < -0.4 is 10.1 Å². The highest BCUT2D eigenvalue weighted by Gasteiger charge is 2.16. The van der Waals surface area contributed by atoms with Crippen LogP contribution in [0.25, 0.3) is 0 Å². The van der Waals surface area contributed by atoms with Crippen LogP contribution in [0.5, 0.6) is 5.75 Å². The van der Waals surface area contributed by atoms with Crippen molar-refractivity contribution in [2.24, 2.45) is 5.92 Å². The number of carbonyl (C=O) groups is 1. The normalized spacial score (nSPS) is 12.6. The van der Waals surface area contributed by atoms with Crippen LogP contribution in [-0.4, -0.2) is 30.3 Å². The molecule has 0 aliphatic carbocycles. The molecule has 0 spiro atoms. The van der Waals surface area contributed by atoms with E-state index >= 15 is 0 Å². The zero-order valence-electron chi connectivity index (χ0n) is 10.8. The molecule has 0 aliphatic rings. The van der Waals surface area contributed by atoms with Gasteiger partial charge in [-0.3, -0.25) is 4.79 Å².